The van der Waals surface area contributed by atoms with Crippen LogP contribution >= 0.6 is 11.6 Å². The molecule has 1 aliphatic heterocycles. The monoisotopic (exact) mass is 444 g/mol. The summed E-state index contributed by atoms with van der Waals surface area (Å²) in [6, 6.07) is 1.21. The first kappa shape index (κ1) is 21.6. The maximum atomic E-state index is 12.6. The summed E-state index contributed by atoms with van der Waals surface area (Å²) in [7, 11) is 1.63. The van der Waals surface area contributed by atoms with Gasteiger partial charge in [0.1, 0.15) is 5.82 Å². The standard InChI is InChI=1S/C22H29ClN6O2/c1-22(2)9-18-15(10-26-29(18)12-22)14-8-19(25-11-16(14)23)28-21(31)27-17-7-5-4-6-13(17)20(30)24-3/h8,10-11,13,17H,4-7,9,12H2,1-3H3,(H,24,30)(H2,25,27,28,31)/t13-,17-/m0/s1. The molecule has 8 nitrogen and oxygen atoms in total. The summed E-state index contributed by atoms with van der Waals surface area (Å²) in [5.74, 6) is 0.160. The molecule has 31 heavy (non-hydrogen) atoms. The van der Waals surface area contributed by atoms with E-state index in [1.54, 1.807) is 19.3 Å². The Labute approximate surface area is 187 Å². The quantitative estimate of drug-likeness (QED) is 0.670. The van der Waals surface area contributed by atoms with Crippen molar-refractivity contribution in [2.24, 2.45) is 11.3 Å². The molecule has 3 heterocycles. The average molecular weight is 445 g/mol. The molecular weight excluding hydrogens is 416 g/mol. The van der Waals surface area contributed by atoms with Gasteiger partial charge in [-0.3, -0.25) is 14.8 Å². The van der Waals surface area contributed by atoms with Crippen LogP contribution < -0.4 is 16.0 Å². The summed E-state index contributed by atoms with van der Waals surface area (Å²) < 4.78 is 2.02. The second kappa shape index (κ2) is 8.49. The van der Waals surface area contributed by atoms with Gasteiger partial charge in [-0.05, 0) is 30.7 Å². The highest BCUT2D eigenvalue weighted by Crippen LogP contribution is 2.39. The van der Waals surface area contributed by atoms with E-state index in [-0.39, 0.29) is 29.3 Å². The molecule has 2 aliphatic rings. The van der Waals surface area contributed by atoms with Gasteiger partial charge in [0.2, 0.25) is 5.91 Å². The first-order chi connectivity index (χ1) is 14.8. The van der Waals surface area contributed by atoms with Gasteiger partial charge in [-0.25, -0.2) is 9.78 Å². The van der Waals surface area contributed by atoms with Crippen LogP contribution in [0.15, 0.2) is 18.5 Å². The van der Waals surface area contributed by atoms with Crippen LogP contribution in [-0.4, -0.2) is 39.8 Å². The third-order valence-electron chi connectivity index (χ3n) is 6.23. The summed E-state index contributed by atoms with van der Waals surface area (Å²) in [5.41, 5.74) is 3.06. The number of nitrogens with zero attached hydrogens (tertiary/aromatic N) is 3. The molecule has 0 radical (unpaired) electrons. The lowest BCUT2D eigenvalue weighted by atomic mass is 9.84. The molecule has 1 aliphatic carbocycles. The number of pyridine rings is 1. The predicted octanol–water partition coefficient (Wildman–Crippen LogP) is 3.61. The van der Waals surface area contributed by atoms with Crippen molar-refractivity contribution in [1.29, 1.82) is 0 Å². The fourth-order valence-electron chi connectivity index (χ4n) is 4.71. The Morgan fingerprint density at radius 3 is 2.74 bits per heavy atom. The molecule has 1 saturated carbocycles. The molecule has 2 atom stereocenters. The Morgan fingerprint density at radius 1 is 1.19 bits per heavy atom. The average Bonchev–Trinajstić information content (AvgIpc) is 3.24. The highest BCUT2D eigenvalue weighted by molar-refractivity contribution is 6.33. The molecule has 0 saturated heterocycles. The number of fused-ring (bicyclic) bond motifs is 1. The molecule has 4 rings (SSSR count). The van der Waals surface area contributed by atoms with Crippen LogP contribution in [0, 0.1) is 11.3 Å². The number of nitrogens with one attached hydrogen (secondary N) is 3. The Kier molecular flexibility index (Phi) is 5.92. The Bertz CT molecular complexity index is 1000. The summed E-state index contributed by atoms with van der Waals surface area (Å²) in [5, 5.41) is 13.5. The van der Waals surface area contributed by atoms with E-state index < -0.39 is 0 Å². The molecular formula is C22H29ClN6O2. The number of amides is 3. The van der Waals surface area contributed by atoms with E-state index in [0.29, 0.717) is 10.8 Å². The van der Waals surface area contributed by atoms with Crippen molar-refractivity contribution in [2.45, 2.75) is 58.5 Å². The lowest BCUT2D eigenvalue weighted by Crippen LogP contribution is -2.49. The van der Waals surface area contributed by atoms with Crippen LogP contribution in [0.25, 0.3) is 11.1 Å². The van der Waals surface area contributed by atoms with Gasteiger partial charge in [-0.2, -0.15) is 5.10 Å². The van der Waals surface area contributed by atoms with Gasteiger partial charge >= 0.3 is 6.03 Å². The molecule has 3 N–H and O–H groups in total. The van der Waals surface area contributed by atoms with E-state index >= 15 is 0 Å². The molecule has 0 bridgehead atoms. The SMILES string of the molecule is CNC(=O)[C@H]1CCCC[C@@H]1NC(=O)Nc1cc(-c2cnn3c2CC(C)(C)C3)c(Cl)cn1. The van der Waals surface area contributed by atoms with Gasteiger partial charge in [-0.15, -0.1) is 0 Å². The first-order valence-electron chi connectivity index (χ1n) is 10.8. The molecule has 9 heteroatoms. The largest absolute Gasteiger partial charge is 0.359 e. The minimum Gasteiger partial charge on any atom is -0.359 e. The Balaban J connectivity index is 1.49. The summed E-state index contributed by atoms with van der Waals surface area (Å²) >= 11 is 6.45. The van der Waals surface area contributed by atoms with Crippen molar-refractivity contribution in [3.05, 3.63) is 29.2 Å². The van der Waals surface area contributed by atoms with Gasteiger partial charge in [-0.1, -0.05) is 38.3 Å². The maximum Gasteiger partial charge on any atom is 0.320 e. The fourth-order valence-corrected chi connectivity index (χ4v) is 4.92. The molecule has 1 fully saturated rings. The van der Waals surface area contributed by atoms with Crippen LogP contribution in [0.3, 0.4) is 0 Å². The topological polar surface area (TPSA) is 101 Å². The van der Waals surface area contributed by atoms with Crippen molar-refractivity contribution in [3.8, 4) is 11.1 Å². The fraction of sp³-hybridized carbons (Fsp3) is 0.545. The molecule has 2 aromatic heterocycles. The molecule has 2 aromatic rings. The van der Waals surface area contributed by atoms with Crippen LogP contribution in [0.4, 0.5) is 10.6 Å². The normalized spacial score (nSPS) is 21.9. The minimum atomic E-state index is -0.372. The number of carbonyl (C=O) groups excluding carboxylic acids is 2. The van der Waals surface area contributed by atoms with Gasteiger partial charge in [0.05, 0.1) is 17.1 Å². The number of urea groups is 1. The van der Waals surface area contributed by atoms with Crippen LogP contribution in [0.5, 0.6) is 0 Å². The van der Waals surface area contributed by atoms with Gasteiger partial charge < -0.3 is 10.6 Å². The van der Waals surface area contributed by atoms with E-state index in [4.69, 9.17) is 11.6 Å². The van der Waals surface area contributed by atoms with Crippen molar-refractivity contribution in [2.75, 3.05) is 12.4 Å². The van der Waals surface area contributed by atoms with Gasteiger partial charge in [0.15, 0.2) is 0 Å². The molecule has 0 spiro atoms. The number of rotatable bonds is 4. The van der Waals surface area contributed by atoms with E-state index in [9.17, 15) is 9.59 Å². The van der Waals surface area contributed by atoms with E-state index in [1.165, 1.54) is 0 Å². The molecule has 3 amide bonds. The second-order valence-electron chi connectivity index (χ2n) is 9.26. The number of halogens is 1. The lowest BCUT2D eigenvalue weighted by molar-refractivity contribution is -0.126. The zero-order valence-electron chi connectivity index (χ0n) is 18.2. The summed E-state index contributed by atoms with van der Waals surface area (Å²) in [4.78, 5) is 29.1. The third-order valence-corrected chi connectivity index (χ3v) is 6.53. The van der Waals surface area contributed by atoms with Crippen LogP contribution in [-0.2, 0) is 17.8 Å². The zero-order chi connectivity index (χ0) is 22.2. The summed E-state index contributed by atoms with van der Waals surface area (Å²) in [6.07, 6.45) is 7.82. The second-order valence-corrected chi connectivity index (χ2v) is 9.67. The minimum absolute atomic E-state index is 0.0325. The predicted molar refractivity (Wildman–Crippen MR) is 120 cm³/mol. The third kappa shape index (κ3) is 4.54. The number of carbonyl (C=O) groups is 2. The van der Waals surface area contributed by atoms with Crippen molar-refractivity contribution >= 4 is 29.4 Å². The smallest absolute Gasteiger partial charge is 0.320 e. The van der Waals surface area contributed by atoms with E-state index in [1.807, 2.05) is 10.9 Å². The highest BCUT2D eigenvalue weighted by Gasteiger charge is 2.33. The zero-order valence-corrected chi connectivity index (χ0v) is 18.9. The van der Waals surface area contributed by atoms with E-state index in [0.717, 1.165) is 55.5 Å². The Morgan fingerprint density at radius 2 is 1.97 bits per heavy atom. The number of hydrogen-bond acceptors (Lipinski definition) is 4. The van der Waals surface area contributed by atoms with Crippen LogP contribution in [0.2, 0.25) is 5.02 Å². The van der Waals surface area contributed by atoms with Crippen LogP contribution in [0.1, 0.15) is 45.2 Å². The van der Waals surface area contributed by atoms with Crippen molar-refractivity contribution < 1.29 is 9.59 Å². The van der Waals surface area contributed by atoms with E-state index in [2.05, 4.69) is 39.9 Å². The first-order valence-corrected chi connectivity index (χ1v) is 11.1. The van der Waals surface area contributed by atoms with Crippen molar-refractivity contribution in [1.82, 2.24) is 25.4 Å². The van der Waals surface area contributed by atoms with Gasteiger partial charge in [0, 0.05) is 42.7 Å². The number of hydrogen-bond donors (Lipinski definition) is 3. The maximum absolute atomic E-state index is 12.6. The molecule has 0 unspecified atom stereocenters. The van der Waals surface area contributed by atoms with Crippen molar-refractivity contribution in [3.63, 3.8) is 0 Å². The number of anilines is 1. The highest BCUT2D eigenvalue weighted by atomic mass is 35.5. The lowest BCUT2D eigenvalue weighted by Gasteiger charge is -2.30. The Hall–Kier alpha value is -2.61. The number of aromatic nitrogens is 3. The van der Waals surface area contributed by atoms with Gasteiger partial charge in [0.25, 0.3) is 0 Å². The molecule has 166 valence electrons. The summed E-state index contributed by atoms with van der Waals surface area (Å²) in [6.45, 7) is 5.30. The molecule has 0 aromatic carbocycles.